The van der Waals surface area contributed by atoms with Crippen LogP contribution < -0.4 is 5.32 Å². The van der Waals surface area contributed by atoms with Gasteiger partial charge in [0.1, 0.15) is 5.78 Å². The van der Waals surface area contributed by atoms with Crippen LogP contribution >= 0.6 is 0 Å². The van der Waals surface area contributed by atoms with Crippen molar-refractivity contribution in [1.29, 1.82) is 0 Å². The van der Waals surface area contributed by atoms with Gasteiger partial charge in [-0.05, 0) is 43.6 Å². The summed E-state index contributed by atoms with van der Waals surface area (Å²) < 4.78 is 25.9. The molecule has 3 rings (SSSR count). The van der Waals surface area contributed by atoms with Crippen LogP contribution in [0.25, 0.3) is 0 Å². The number of ketones is 1. The highest BCUT2D eigenvalue weighted by Crippen LogP contribution is 2.65. The SMILES string of the molecule is CC1(C)[C@H]2CC[C@]1(C[C@H]1CCN1)C(=O)C2.CS(=O)(=O)O. The second-order valence-corrected chi connectivity index (χ2v) is 8.51. The Morgan fingerprint density at radius 2 is 1.90 bits per heavy atom. The van der Waals surface area contributed by atoms with Crippen LogP contribution in [0.1, 0.15) is 46.0 Å². The van der Waals surface area contributed by atoms with Crippen molar-refractivity contribution in [1.82, 2.24) is 5.32 Å². The van der Waals surface area contributed by atoms with Gasteiger partial charge in [0.25, 0.3) is 10.1 Å². The van der Waals surface area contributed by atoms with Crippen molar-refractivity contribution in [2.24, 2.45) is 16.7 Å². The van der Waals surface area contributed by atoms with E-state index in [2.05, 4.69) is 19.2 Å². The molecule has 2 aliphatic carbocycles. The third-order valence-electron chi connectivity index (χ3n) is 5.66. The molecule has 1 aliphatic heterocycles. The standard InChI is InChI=1S/C13H21NO.CH4O3S/c1-12(2)9-3-5-13(12,11(15)7-9)8-10-4-6-14-10;1-5(2,3)4/h9-10,14H,3-8H2,1-2H3;1H3,(H,2,3,4)/t9-,10+,13-;/m0./s1. The number of hydrogen-bond acceptors (Lipinski definition) is 4. The number of nitrogens with one attached hydrogen (secondary N) is 1. The monoisotopic (exact) mass is 303 g/mol. The molecule has 2 saturated carbocycles. The van der Waals surface area contributed by atoms with Gasteiger partial charge in [-0.25, -0.2) is 0 Å². The van der Waals surface area contributed by atoms with E-state index in [1.807, 2.05) is 0 Å². The van der Waals surface area contributed by atoms with Crippen molar-refractivity contribution in [3.8, 4) is 0 Å². The zero-order chi connectivity index (χ0) is 15.2. The summed E-state index contributed by atoms with van der Waals surface area (Å²) in [5.74, 6) is 1.24. The van der Waals surface area contributed by atoms with E-state index in [0.717, 1.165) is 25.8 Å². The smallest absolute Gasteiger partial charge is 0.261 e. The van der Waals surface area contributed by atoms with Gasteiger partial charge in [0.15, 0.2) is 0 Å². The van der Waals surface area contributed by atoms with Crippen LogP contribution in [0.3, 0.4) is 0 Å². The summed E-state index contributed by atoms with van der Waals surface area (Å²) in [6, 6.07) is 0.630. The predicted octanol–water partition coefficient (Wildman–Crippen LogP) is 1.64. The van der Waals surface area contributed by atoms with Gasteiger partial charge in [-0.15, -0.1) is 0 Å². The Bertz CT molecular complexity index is 487. The first-order chi connectivity index (χ1) is 9.06. The molecule has 0 aromatic carbocycles. The molecule has 0 unspecified atom stereocenters. The Balaban J connectivity index is 0.000000257. The Kier molecular flexibility index (Phi) is 4.04. The van der Waals surface area contributed by atoms with Crippen molar-refractivity contribution < 1.29 is 17.8 Å². The van der Waals surface area contributed by atoms with Crippen molar-refractivity contribution >= 4 is 15.9 Å². The number of carbonyl (C=O) groups is 1. The van der Waals surface area contributed by atoms with Crippen LogP contribution in [0.2, 0.25) is 0 Å². The molecule has 116 valence electrons. The van der Waals surface area contributed by atoms with E-state index < -0.39 is 10.1 Å². The summed E-state index contributed by atoms with van der Waals surface area (Å²) in [6.07, 6.45) is 6.39. The molecule has 3 aliphatic rings. The first-order valence-electron chi connectivity index (χ1n) is 7.25. The fourth-order valence-electron chi connectivity index (χ4n) is 4.19. The van der Waals surface area contributed by atoms with Crippen LogP contribution in [-0.4, -0.2) is 37.6 Å². The summed E-state index contributed by atoms with van der Waals surface area (Å²) in [7, 11) is -3.67. The fraction of sp³-hybridized carbons (Fsp3) is 0.929. The van der Waals surface area contributed by atoms with Gasteiger partial charge in [-0.3, -0.25) is 9.35 Å². The average molecular weight is 303 g/mol. The number of rotatable bonds is 2. The lowest BCUT2D eigenvalue weighted by Gasteiger charge is -2.42. The van der Waals surface area contributed by atoms with Gasteiger partial charge in [-0.2, -0.15) is 8.42 Å². The summed E-state index contributed by atoms with van der Waals surface area (Å²) in [5, 5.41) is 3.46. The molecule has 1 saturated heterocycles. The van der Waals surface area contributed by atoms with Crippen LogP contribution in [0, 0.1) is 16.7 Å². The molecule has 0 aromatic rings. The van der Waals surface area contributed by atoms with E-state index in [1.165, 1.54) is 12.8 Å². The normalized spacial score (nSPS) is 38.1. The van der Waals surface area contributed by atoms with Gasteiger partial charge >= 0.3 is 0 Å². The third kappa shape index (κ3) is 2.78. The first kappa shape index (κ1) is 15.9. The molecule has 0 aromatic heterocycles. The highest BCUT2D eigenvalue weighted by atomic mass is 32.2. The Labute approximate surface area is 121 Å². The van der Waals surface area contributed by atoms with Crippen molar-refractivity contribution in [3.05, 3.63) is 0 Å². The number of Topliss-reactive ketones (excluding diaryl/α,β-unsaturated/α-hetero) is 1. The summed E-state index contributed by atoms with van der Waals surface area (Å²) >= 11 is 0. The molecule has 0 spiro atoms. The van der Waals surface area contributed by atoms with Gasteiger partial charge in [0.2, 0.25) is 0 Å². The molecule has 5 nitrogen and oxygen atoms in total. The first-order valence-corrected chi connectivity index (χ1v) is 9.10. The van der Waals surface area contributed by atoms with E-state index in [0.29, 0.717) is 24.0 Å². The molecule has 6 heteroatoms. The number of carbonyl (C=O) groups excluding carboxylic acids is 1. The number of fused-ring (bicyclic) bond motifs is 2. The van der Waals surface area contributed by atoms with Crippen LogP contribution in [0.4, 0.5) is 0 Å². The lowest BCUT2D eigenvalue weighted by atomic mass is 9.65. The van der Waals surface area contributed by atoms with Gasteiger partial charge < -0.3 is 5.32 Å². The molecule has 2 bridgehead atoms. The maximum absolute atomic E-state index is 12.2. The summed E-state index contributed by atoms with van der Waals surface area (Å²) in [5.41, 5.74) is 0.303. The minimum Gasteiger partial charge on any atom is -0.314 e. The largest absolute Gasteiger partial charge is 0.314 e. The van der Waals surface area contributed by atoms with Crippen LogP contribution in [0.5, 0.6) is 0 Å². The highest BCUT2D eigenvalue weighted by Gasteiger charge is 2.64. The lowest BCUT2D eigenvalue weighted by molar-refractivity contribution is -0.130. The van der Waals surface area contributed by atoms with Crippen molar-refractivity contribution in [2.45, 2.75) is 52.0 Å². The van der Waals surface area contributed by atoms with E-state index >= 15 is 0 Å². The van der Waals surface area contributed by atoms with Crippen LogP contribution in [-0.2, 0) is 14.9 Å². The van der Waals surface area contributed by atoms with E-state index in [4.69, 9.17) is 4.55 Å². The minimum atomic E-state index is -3.67. The lowest BCUT2D eigenvalue weighted by Crippen LogP contribution is -2.49. The van der Waals surface area contributed by atoms with Crippen LogP contribution in [0.15, 0.2) is 0 Å². The second-order valence-electron chi connectivity index (χ2n) is 7.04. The molecule has 3 fully saturated rings. The molecule has 20 heavy (non-hydrogen) atoms. The van der Waals surface area contributed by atoms with E-state index in [-0.39, 0.29) is 10.8 Å². The van der Waals surface area contributed by atoms with Gasteiger partial charge in [-0.1, -0.05) is 13.8 Å². The molecular formula is C14H25NO4S. The molecule has 0 amide bonds. The van der Waals surface area contributed by atoms with Gasteiger partial charge in [0.05, 0.1) is 6.26 Å². The van der Waals surface area contributed by atoms with Crippen molar-refractivity contribution in [3.63, 3.8) is 0 Å². The summed E-state index contributed by atoms with van der Waals surface area (Å²) in [4.78, 5) is 12.2. The maximum atomic E-state index is 12.2. The van der Waals surface area contributed by atoms with E-state index in [9.17, 15) is 13.2 Å². The fourth-order valence-corrected chi connectivity index (χ4v) is 4.19. The molecule has 1 heterocycles. The Morgan fingerprint density at radius 1 is 1.35 bits per heavy atom. The quantitative estimate of drug-likeness (QED) is 0.758. The Morgan fingerprint density at radius 3 is 2.20 bits per heavy atom. The second kappa shape index (κ2) is 5.07. The van der Waals surface area contributed by atoms with E-state index in [1.54, 1.807) is 0 Å². The minimum absolute atomic E-state index is 0.0375. The molecular weight excluding hydrogens is 278 g/mol. The zero-order valence-corrected chi connectivity index (χ0v) is 13.3. The van der Waals surface area contributed by atoms with Gasteiger partial charge in [0, 0.05) is 17.9 Å². The summed E-state index contributed by atoms with van der Waals surface area (Å²) in [6.45, 7) is 5.81. The third-order valence-corrected chi connectivity index (χ3v) is 5.66. The molecule has 0 radical (unpaired) electrons. The highest BCUT2D eigenvalue weighted by molar-refractivity contribution is 7.85. The predicted molar refractivity (Wildman–Crippen MR) is 77.1 cm³/mol. The Hall–Kier alpha value is -0.460. The zero-order valence-electron chi connectivity index (χ0n) is 12.5. The number of hydrogen-bond donors (Lipinski definition) is 2. The molecule has 2 N–H and O–H groups in total. The molecule has 3 atom stereocenters. The topological polar surface area (TPSA) is 83.5 Å². The average Bonchev–Trinajstić information content (AvgIpc) is 2.54. The maximum Gasteiger partial charge on any atom is 0.261 e. The van der Waals surface area contributed by atoms with Crippen molar-refractivity contribution in [2.75, 3.05) is 12.8 Å².